The maximum atomic E-state index is 12.1. The lowest BCUT2D eigenvalue weighted by molar-refractivity contribution is 0.413. The molecule has 0 spiro atoms. The molecule has 0 radical (unpaired) electrons. The van der Waals surface area contributed by atoms with Crippen LogP contribution in [-0.2, 0) is 23.0 Å². The van der Waals surface area contributed by atoms with Gasteiger partial charge in [0.1, 0.15) is 5.75 Å². The average Bonchev–Trinajstić information content (AvgIpc) is 3.15. The maximum absolute atomic E-state index is 12.1. The fraction of sp³-hybridized carbons (Fsp3) is 0.222. The van der Waals surface area contributed by atoms with Crippen LogP contribution in [0.15, 0.2) is 59.0 Å². The molecular formula is C18H19N3O4S. The van der Waals surface area contributed by atoms with Crippen molar-refractivity contribution < 1.29 is 17.6 Å². The van der Waals surface area contributed by atoms with Crippen molar-refractivity contribution in [2.24, 2.45) is 0 Å². The molecule has 2 aromatic carbocycles. The molecule has 0 amide bonds. The third-order valence-electron chi connectivity index (χ3n) is 3.75. The molecule has 0 aliphatic carbocycles. The molecule has 0 fully saturated rings. The predicted octanol–water partition coefficient (Wildman–Crippen LogP) is 2.41. The van der Waals surface area contributed by atoms with E-state index in [1.54, 1.807) is 19.2 Å². The molecule has 0 aliphatic rings. The largest absolute Gasteiger partial charge is 0.496 e. The lowest BCUT2D eigenvalue weighted by Crippen LogP contribution is -2.27. The van der Waals surface area contributed by atoms with Crippen LogP contribution >= 0.6 is 0 Å². The highest BCUT2D eigenvalue weighted by Crippen LogP contribution is 2.28. The number of sulfonamides is 1. The molecule has 1 heterocycles. The zero-order valence-corrected chi connectivity index (χ0v) is 15.1. The molecule has 0 atom stereocenters. The van der Waals surface area contributed by atoms with E-state index in [9.17, 15) is 8.42 Å². The fourth-order valence-corrected chi connectivity index (χ4v) is 3.39. The summed E-state index contributed by atoms with van der Waals surface area (Å²) in [6.45, 7) is -0.0563. The van der Waals surface area contributed by atoms with Crippen molar-refractivity contribution in [3.63, 3.8) is 0 Å². The summed E-state index contributed by atoms with van der Waals surface area (Å²) in [6, 6.07) is 16.7. The number of aromatic nitrogens is 2. The number of aryl methyl sites for hydroxylation is 1. The molecule has 3 rings (SSSR count). The summed E-state index contributed by atoms with van der Waals surface area (Å²) < 4.78 is 37.5. The molecular weight excluding hydrogens is 354 g/mol. The van der Waals surface area contributed by atoms with Crippen molar-refractivity contribution in [3.8, 4) is 17.2 Å². The monoisotopic (exact) mass is 373 g/mol. The first-order chi connectivity index (χ1) is 12.6. The van der Waals surface area contributed by atoms with E-state index in [1.807, 2.05) is 42.5 Å². The third kappa shape index (κ3) is 4.68. The van der Waals surface area contributed by atoms with Crippen LogP contribution in [0, 0.1) is 0 Å². The third-order valence-corrected chi connectivity index (χ3v) is 5.08. The van der Waals surface area contributed by atoms with Crippen LogP contribution in [0.4, 0.5) is 0 Å². The standard InChI is InChI=1S/C18H19N3O4S/c1-24-16-10-6-5-9-15(16)18-21-20-17(25-18)13-19-26(22,23)12-11-14-7-3-2-4-8-14/h2-10,19H,11-13H2,1H3. The molecule has 0 unspecified atom stereocenters. The maximum Gasteiger partial charge on any atom is 0.251 e. The van der Waals surface area contributed by atoms with E-state index in [-0.39, 0.29) is 24.1 Å². The summed E-state index contributed by atoms with van der Waals surface area (Å²) in [4.78, 5) is 0. The quantitative estimate of drug-likeness (QED) is 0.652. The Morgan fingerprint density at radius 2 is 1.77 bits per heavy atom. The van der Waals surface area contributed by atoms with Gasteiger partial charge in [0.2, 0.25) is 15.9 Å². The number of nitrogens with one attached hydrogen (secondary N) is 1. The van der Waals surface area contributed by atoms with Gasteiger partial charge in [-0.25, -0.2) is 13.1 Å². The summed E-state index contributed by atoms with van der Waals surface area (Å²) in [5.74, 6) is 1.06. The van der Waals surface area contributed by atoms with Gasteiger partial charge in [-0.1, -0.05) is 42.5 Å². The van der Waals surface area contributed by atoms with E-state index in [2.05, 4.69) is 14.9 Å². The van der Waals surface area contributed by atoms with Crippen molar-refractivity contribution >= 4 is 10.0 Å². The van der Waals surface area contributed by atoms with Gasteiger partial charge in [0.25, 0.3) is 5.89 Å². The van der Waals surface area contributed by atoms with Gasteiger partial charge in [-0.15, -0.1) is 10.2 Å². The molecule has 3 aromatic rings. The van der Waals surface area contributed by atoms with E-state index >= 15 is 0 Å². The van der Waals surface area contributed by atoms with E-state index in [4.69, 9.17) is 9.15 Å². The van der Waals surface area contributed by atoms with Crippen LogP contribution in [0.1, 0.15) is 11.5 Å². The number of ether oxygens (including phenoxy) is 1. The molecule has 1 aromatic heterocycles. The van der Waals surface area contributed by atoms with Gasteiger partial charge in [-0.2, -0.15) is 0 Å². The molecule has 7 nitrogen and oxygen atoms in total. The number of methoxy groups -OCH3 is 1. The Hall–Kier alpha value is -2.71. The summed E-state index contributed by atoms with van der Waals surface area (Å²) >= 11 is 0. The number of nitrogens with zero attached hydrogens (tertiary/aromatic N) is 2. The number of rotatable bonds is 8. The van der Waals surface area contributed by atoms with Gasteiger partial charge in [-0.05, 0) is 24.1 Å². The minimum atomic E-state index is -3.45. The van der Waals surface area contributed by atoms with Gasteiger partial charge in [-0.3, -0.25) is 0 Å². The Morgan fingerprint density at radius 3 is 2.54 bits per heavy atom. The van der Waals surface area contributed by atoms with Crippen molar-refractivity contribution in [1.29, 1.82) is 0 Å². The second-order valence-electron chi connectivity index (χ2n) is 5.58. The molecule has 0 saturated carbocycles. The SMILES string of the molecule is COc1ccccc1-c1nnc(CNS(=O)(=O)CCc2ccccc2)o1. The molecule has 0 saturated heterocycles. The summed E-state index contributed by atoms with van der Waals surface area (Å²) in [7, 11) is -1.90. The van der Waals surface area contributed by atoms with E-state index < -0.39 is 10.0 Å². The highest BCUT2D eigenvalue weighted by molar-refractivity contribution is 7.89. The van der Waals surface area contributed by atoms with Crippen molar-refractivity contribution in [2.75, 3.05) is 12.9 Å². The second kappa shape index (κ2) is 8.11. The normalized spacial score (nSPS) is 11.4. The highest BCUT2D eigenvalue weighted by Gasteiger charge is 2.15. The summed E-state index contributed by atoms with van der Waals surface area (Å²) in [5.41, 5.74) is 1.62. The van der Waals surface area contributed by atoms with Crippen LogP contribution < -0.4 is 9.46 Å². The lowest BCUT2D eigenvalue weighted by Gasteiger charge is -2.05. The van der Waals surface area contributed by atoms with Crippen LogP contribution in [0.25, 0.3) is 11.5 Å². The Balaban J connectivity index is 1.60. The van der Waals surface area contributed by atoms with Crippen LogP contribution in [0.5, 0.6) is 5.75 Å². The number of hydrogen-bond acceptors (Lipinski definition) is 6. The number of benzene rings is 2. The average molecular weight is 373 g/mol. The van der Waals surface area contributed by atoms with Gasteiger partial charge >= 0.3 is 0 Å². The van der Waals surface area contributed by atoms with Crippen molar-refractivity contribution in [1.82, 2.24) is 14.9 Å². The molecule has 0 bridgehead atoms. The first-order valence-corrected chi connectivity index (χ1v) is 9.69. The fourth-order valence-electron chi connectivity index (χ4n) is 2.40. The first kappa shape index (κ1) is 18.1. The van der Waals surface area contributed by atoms with E-state index in [0.29, 0.717) is 17.7 Å². The Kier molecular flexibility index (Phi) is 5.65. The Bertz CT molecular complexity index is 955. The number of para-hydroxylation sites is 1. The van der Waals surface area contributed by atoms with Gasteiger partial charge < -0.3 is 9.15 Å². The van der Waals surface area contributed by atoms with Gasteiger partial charge in [0, 0.05) is 0 Å². The van der Waals surface area contributed by atoms with Crippen molar-refractivity contribution in [3.05, 3.63) is 66.1 Å². The van der Waals surface area contributed by atoms with Crippen LogP contribution in [0.3, 0.4) is 0 Å². The lowest BCUT2D eigenvalue weighted by atomic mass is 10.2. The summed E-state index contributed by atoms with van der Waals surface area (Å²) in [5, 5.41) is 7.85. The minimum absolute atomic E-state index is 0.00941. The number of hydrogen-bond donors (Lipinski definition) is 1. The smallest absolute Gasteiger partial charge is 0.251 e. The van der Waals surface area contributed by atoms with Gasteiger partial charge in [0.05, 0.1) is 25.0 Å². The highest BCUT2D eigenvalue weighted by atomic mass is 32.2. The first-order valence-electron chi connectivity index (χ1n) is 8.04. The Labute approximate surface area is 152 Å². The molecule has 1 N–H and O–H groups in total. The molecule has 136 valence electrons. The summed E-state index contributed by atoms with van der Waals surface area (Å²) in [6.07, 6.45) is 0.437. The molecule has 0 aliphatic heterocycles. The predicted molar refractivity (Wildman–Crippen MR) is 97.1 cm³/mol. The van der Waals surface area contributed by atoms with E-state index in [0.717, 1.165) is 5.56 Å². The minimum Gasteiger partial charge on any atom is -0.496 e. The topological polar surface area (TPSA) is 94.3 Å². The molecule has 8 heteroatoms. The molecule has 26 heavy (non-hydrogen) atoms. The zero-order chi connectivity index (χ0) is 18.4. The van der Waals surface area contributed by atoms with E-state index in [1.165, 1.54) is 0 Å². The van der Waals surface area contributed by atoms with Crippen LogP contribution in [-0.4, -0.2) is 31.5 Å². The van der Waals surface area contributed by atoms with Crippen molar-refractivity contribution in [2.45, 2.75) is 13.0 Å². The van der Waals surface area contributed by atoms with Gasteiger partial charge in [0.15, 0.2) is 0 Å². The van der Waals surface area contributed by atoms with Crippen LogP contribution in [0.2, 0.25) is 0 Å². The Morgan fingerprint density at radius 1 is 1.04 bits per heavy atom. The zero-order valence-electron chi connectivity index (χ0n) is 14.3. The second-order valence-corrected chi connectivity index (χ2v) is 7.50.